The highest BCUT2D eigenvalue weighted by molar-refractivity contribution is 7.92. The van der Waals surface area contributed by atoms with E-state index in [9.17, 15) is 17.6 Å². The van der Waals surface area contributed by atoms with Gasteiger partial charge in [-0.2, -0.15) is 0 Å². The van der Waals surface area contributed by atoms with Crippen LogP contribution >= 0.6 is 11.3 Å². The van der Waals surface area contributed by atoms with Crippen LogP contribution in [0.3, 0.4) is 0 Å². The number of halogens is 2. The lowest BCUT2D eigenvalue weighted by molar-refractivity contribution is 0.103. The summed E-state index contributed by atoms with van der Waals surface area (Å²) in [6, 6.07) is 3.46. The Hall–Kier alpha value is -3.18. The third-order valence-corrected chi connectivity index (χ3v) is 6.62. The van der Waals surface area contributed by atoms with Crippen LogP contribution in [-0.2, 0) is 10.0 Å². The fourth-order valence-corrected chi connectivity index (χ4v) is 4.84. The van der Waals surface area contributed by atoms with Gasteiger partial charge in [-0.3, -0.25) is 9.52 Å². The number of pyridine rings is 1. The number of hydrogen-bond donors (Lipinski definition) is 2. The van der Waals surface area contributed by atoms with Crippen molar-refractivity contribution in [3.05, 3.63) is 64.2 Å². The number of benzene rings is 1. The van der Waals surface area contributed by atoms with Gasteiger partial charge in [-0.15, -0.1) is 11.3 Å². The molecule has 4 aromatic rings. The van der Waals surface area contributed by atoms with Gasteiger partial charge in [0.1, 0.15) is 11.5 Å². The number of nitrogens with one attached hydrogen (secondary N) is 2. The number of aromatic nitrogens is 3. The molecule has 11 heteroatoms. The van der Waals surface area contributed by atoms with Crippen molar-refractivity contribution < 1.29 is 22.0 Å². The highest BCUT2D eigenvalue weighted by atomic mass is 32.2. The van der Waals surface area contributed by atoms with Gasteiger partial charge in [0.2, 0.25) is 15.8 Å². The molecular weight excluding hydrogens is 446 g/mol. The lowest BCUT2D eigenvalue weighted by Gasteiger charge is -2.11. The summed E-state index contributed by atoms with van der Waals surface area (Å²) < 4.78 is 55.6. The Morgan fingerprint density at radius 2 is 2.06 bits per heavy atom. The van der Waals surface area contributed by atoms with E-state index in [1.165, 1.54) is 17.5 Å². The second-order valence-electron chi connectivity index (χ2n) is 6.73. The number of aromatic amines is 1. The van der Waals surface area contributed by atoms with E-state index in [1.807, 2.05) is 5.38 Å². The number of fused-ring (bicyclic) bond motifs is 1. The fraction of sp³-hybridized carbons (Fsp3) is 0.150. The van der Waals surface area contributed by atoms with Crippen molar-refractivity contribution in [1.82, 2.24) is 15.0 Å². The highest BCUT2D eigenvalue weighted by Gasteiger charge is 2.26. The third kappa shape index (κ3) is 4.06. The van der Waals surface area contributed by atoms with E-state index < -0.39 is 38.7 Å². The molecule has 3 heterocycles. The number of sulfonamides is 1. The molecule has 0 radical (unpaired) electrons. The molecular formula is C20H16F2N4O3S2. The molecule has 0 aliphatic carbocycles. The average molecular weight is 463 g/mol. The quantitative estimate of drug-likeness (QED) is 0.398. The van der Waals surface area contributed by atoms with Crippen LogP contribution in [0.2, 0.25) is 0 Å². The van der Waals surface area contributed by atoms with Crippen molar-refractivity contribution in [2.75, 3.05) is 10.5 Å². The predicted octanol–water partition coefficient (Wildman–Crippen LogP) is 4.35. The highest BCUT2D eigenvalue weighted by Crippen LogP contribution is 2.29. The molecule has 0 atom stereocenters. The maximum atomic E-state index is 15.0. The summed E-state index contributed by atoms with van der Waals surface area (Å²) in [7, 11) is -3.83. The zero-order valence-corrected chi connectivity index (χ0v) is 17.8. The number of nitrogens with zero attached hydrogens (tertiary/aromatic N) is 2. The van der Waals surface area contributed by atoms with E-state index in [0.717, 1.165) is 12.1 Å². The van der Waals surface area contributed by atoms with Crippen LogP contribution < -0.4 is 4.72 Å². The monoisotopic (exact) mass is 462 g/mol. The summed E-state index contributed by atoms with van der Waals surface area (Å²) in [6.07, 6.45) is 3.21. The van der Waals surface area contributed by atoms with Crippen LogP contribution in [0.4, 0.5) is 14.5 Å². The van der Waals surface area contributed by atoms with Gasteiger partial charge in [0.05, 0.1) is 28.2 Å². The molecule has 0 fully saturated rings. The van der Waals surface area contributed by atoms with Gasteiger partial charge in [-0.05, 0) is 24.6 Å². The zero-order chi connectivity index (χ0) is 22.2. The van der Waals surface area contributed by atoms with Crippen LogP contribution in [0.5, 0.6) is 0 Å². The maximum absolute atomic E-state index is 15.0. The number of carbonyl (C=O) groups excluding carboxylic acids is 1. The second kappa shape index (κ2) is 8.16. The Balaban J connectivity index is 1.79. The van der Waals surface area contributed by atoms with E-state index in [-0.39, 0.29) is 11.3 Å². The fourth-order valence-electron chi connectivity index (χ4n) is 3.15. The smallest absolute Gasteiger partial charge is 0.232 e. The molecule has 4 rings (SSSR count). The summed E-state index contributed by atoms with van der Waals surface area (Å²) in [6.45, 7) is 1.65. The largest absolute Gasteiger partial charge is 0.345 e. The lowest BCUT2D eigenvalue weighted by atomic mass is 10.0. The number of ketones is 1. The van der Waals surface area contributed by atoms with Gasteiger partial charge in [-0.25, -0.2) is 27.2 Å². The standard InChI is InChI=1S/C20H16F2N4O3S2/c1-2-5-31(28,29)26-15-4-3-14(21)17(18(15)22)19(27)13-8-24-20-12(13)6-11(7-23-20)16-9-30-10-25-16/h3-4,6-10,26H,2,5H2,1H3,(H,23,24). The summed E-state index contributed by atoms with van der Waals surface area (Å²) in [5, 5.41) is 2.17. The SMILES string of the molecule is CCCS(=O)(=O)Nc1ccc(F)c(C(=O)c2c[nH]c3ncc(-c4cscn4)cc23)c1F. The average Bonchev–Trinajstić information content (AvgIpc) is 3.39. The molecule has 2 N–H and O–H groups in total. The van der Waals surface area contributed by atoms with Crippen LogP contribution in [0, 0.1) is 11.6 Å². The molecule has 3 aromatic heterocycles. The van der Waals surface area contributed by atoms with E-state index in [1.54, 1.807) is 24.7 Å². The van der Waals surface area contributed by atoms with E-state index in [2.05, 4.69) is 19.7 Å². The van der Waals surface area contributed by atoms with Crippen molar-refractivity contribution in [2.45, 2.75) is 13.3 Å². The molecule has 1 aromatic carbocycles. The van der Waals surface area contributed by atoms with Crippen LogP contribution in [-0.4, -0.2) is 34.9 Å². The number of H-pyrrole nitrogens is 1. The van der Waals surface area contributed by atoms with E-state index in [4.69, 9.17) is 0 Å². The van der Waals surface area contributed by atoms with E-state index in [0.29, 0.717) is 28.7 Å². The summed E-state index contributed by atoms with van der Waals surface area (Å²) in [4.78, 5) is 24.3. The van der Waals surface area contributed by atoms with Crippen molar-refractivity contribution in [3.63, 3.8) is 0 Å². The van der Waals surface area contributed by atoms with Gasteiger partial charge in [0.15, 0.2) is 5.82 Å². The minimum Gasteiger partial charge on any atom is -0.345 e. The first-order valence-electron chi connectivity index (χ1n) is 9.19. The summed E-state index contributed by atoms with van der Waals surface area (Å²) in [5.41, 5.74) is 1.98. The Bertz CT molecular complexity index is 1380. The minimum absolute atomic E-state index is 0.00550. The molecule has 0 saturated heterocycles. The van der Waals surface area contributed by atoms with Gasteiger partial charge in [0, 0.05) is 34.3 Å². The lowest BCUT2D eigenvalue weighted by Crippen LogP contribution is -2.18. The molecule has 0 bridgehead atoms. The van der Waals surface area contributed by atoms with Crippen LogP contribution in [0.15, 0.2) is 41.5 Å². The molecule has 0 saturated carbocycles. The molecule has 0 aliphatic heterocycles. The third-order valence-electron chi connectivity index (χ3n) is 4.56. The summed E-state index contributed by atoms with van der Waals surface area (Å²) in [5.74, 6) is -3.54. The Morgan fingerprint density at radius 1 is 1.26 bits per heavy atom. The van der Waals surface area contributed by atoms with Crippen molar-refractivity contribution in [3.8, 4) is 11.3 Å². The number of thiazole rings is 1. The van der Waals surface area contributed by atoms with Gasteiger partial charge >= 0.3 is 0 Å². The van der Waals surface area contributed by atoms with Crippen LogP contribution in [0.25, 0.3) is 22.3 Å². The number of carbonyl (C=O) groups is 1. The Kier molecular flexibility index (Phi) is 5.54. The maximum Gasteiger partial charge on any atom is 0.232 e. The first-order valence-corrected chi connectivity index (χ1v) is 11.8. The molecule has 0 unspecified atom stereocenters. The minimum atomic E-state index is -3.83. The summed E-state index contributed by atoms with van der Waals surface area (Å²) >= 11 is 1.39. The Morgan fingerprint density at radius 3 is 2.77 bits per heavy atom. The molecule has 7 nitrogen and oxygen atoms in total. The van der Waals surface area contributed by atoms with E-state index >= 15 is 4.39 Å². The molecule has 0 aliphatic rings. The zero-order valence-electron chi connectivity index (χ0n) is 16.1. The topological polar surface area (TPSA) is 105 Å². The molecule has 160 valence electrons. The van der Waals surface area contributed by atoms with Gasteiger partial charge < -0.3 is 4.98 Å². The second-order valence-corrected chi connectivity index (χ2v) is 9.29. The number of anilines is 1. The van der Waals surface area contributed by atoms with Crippen molar-refractivity contribution in [2.24, 2.45) is 0 Å². The molecule has 0 spiro atoms. The number of hydrogen-bond acceptors (Lipinski definition) is 6. The van der Waals surface area contributed by atoms with Crippen molar-refractivity contribution >= 4 is 43.9 Å². The van der Waals surface area contributed by atoms with Crippen LogP contribution in [0.1, 0.15) is 29.3 Å². The van der Waals surface area contributed by atoms with Gasteiger partial charge in [-0.1, -0.05) is 6.92 Å². The molecule has 0 amide bonds. The first kappa shape index (κ1) is 21.1. The number of rotatable bonds is 7. The van der Waals surface area contributed by atoms with Gasteiger partial charge in [0.25, 0.3) is 0 Å². The predicted molar refractivity (Wildman–Crippen MR) is 115 cm³/mol. The molecule has 31 heavy (non-hydrogen) atoms. The Labute approximate surface area is 180 Å². The first-order chi connectivity index (χ1) is 14.8. The van der Waals surface area contributed by atoms with Crippen molar-refractivity contribution in [1.29, 1.82) is 0 Å². The normalized spacial score (nSPS) is 11.7.